The van der Waals surface area contributed by atoms with Crippen molar-refractivity contribution in [2.75, 3.05) is 0 Å². The fourth-order valence-corrected chi connectivity index (χ4v) is 3.03. The molecule has 19 heavy (non-hydrogen) atoms. The molecular weight excluding hydrogens is 238 g/mol. The first-order valence-electron chi connectivity index (χ1n) is 6.99. The van der Waals surface area contributed by atoms with Gasteiger partial charge in [0.2, 0.25) is 0 Å². The molecule has 2 bridgehead atoms. The second-order valence-corrected chi connectivity index (χ2v) is 5.41. The number of nitrogens with one attached hydrogen (secondary N) is 1. The van der Waals surface area contributed by atoms with Crippen molar-refractivity contribution in [3.05, 3.63) is 42.0 Å². The van der Waals surface area contributed by atoms with Crippen molar-refractivity contribution in [3.63, 3.8) is 0 Å². The first-order chi connectivity index (χ1) is 9.29. The summed E-state index contributed by atoms with van der Waals surface area (Å²) in [5, 5.41) is 3.54. The van der Waals surface area contributed by atoms with Crippen molar-refractivity contribution in [1.29, 1.82) is 0 Å². The second-order valence-electron chi connectivity index (χ2n) is 5.41. The summed E-state index contributed by atoms with van der Waals surface area (Å²) < 4.78 is 5.53. The van der Waals surface area contributed by atoms with E-state index in [9.17, 15) is 4.79 Å². The lowest BCUT2D eigenvalue weighted by molar-refractivity contribution is -0.144. The fraction of sp³-hybridized carbons (Fsp3) is 0.438. The molecule has 2 aliphatic heterocycles. The Bertz CT molecular complexity index is 457. The van der Waals surface area contributed by atoms with Gasteiger partial charge in [-0.15, -0.1) is 0 Å². The monoisotopic (exact) mass is 257 g/mol. The van der Waals surface area contributed by atoms with Gasteiger partial charge in [0.25, 0.3) is 0 Å². The highest BCUT2D eigenvalue weighted by atomic mass is 16.5. The smallest absolute Gasteiger partial charge is 0.331 e. The minimum absolute atomic E-state index is 0.0895. The van der Waals surface area contributed by atoms with Crippen LogP contribution in [0.4, 0.5) is 0 Å². The molecule has 0 spiro atoms. The number of ether oxygens (including phenoxy) is 1. The molecule has 3 rings (SSSR count). The molecule has 2 fully saturated rings. The van der Waals surface area contributed by atoms with Gasteiger partial charge in [-0.2, -0.15) is 0 Å². The van der Waals surface area contributed by atoms with Gasteiger partial charge in [0.1, 0.15) is 6.10 Å². The maximum Gasteiger partial charge on any atom is 0.331 e. The Morgan fingerprint density at radius 1 is 1.16 bits per heavy atom. The SMILES string of the molecule is O=C(C=Cc1ccccc1)OC1CC2CCC(C1)N2. The Balaban J connectivity index is 1.53. The van der Waals surface area contributed by atoms with Gasteiger partial charge in [0.05, 0.1) is 0 Å². The molecule has 2 saturated heterocycles. The number of piperidine rings is 1. The van der Waals surface area contributed by atoms with Crippen molar-refractivity contribution in [2.24, 2.45) is 0 Å². The number of hydrogen-bond donors (Lipinski definition) is 1. The molecule has 2 heterocycles. The van der Waals surface area contributed by atoms with E-state index in [0.717, 1.165) is 18.4 Å². The van der Waals surface area contributed by atoms with Crippen molar-refractivity contribution in [3.8, 4) is 0 Å². The van der Waals surface area contributed by atoms with Crippen LogP contribution in [0.25, 0.3) is 6.08 Å². The fourth-order valence-electron chi connectivity index (χ4n) is 3.03. The standard InChI is InChI=1S/C16H19NO2/c18-16(9-6-12-4-2-1-3-5-12)19-15-10-13-7-8-14(11-15)17-13/h1-6,9,13-15,17H,7-8,10-11H2. The number of rotatable bonds is 3. The normalized spacial score (nSPS) is 29.6. The maximum absolute atomic E-state index is 11.8. The third-order valence-corrected chi connectivity index (χ3v) is 3.92. The van der Waals surface area contributed by atoms with Gasteiger partial charge in [-0.3, -0.25) is 0 Å². The highest BCUT2D eigenvalue weighted by Gasteiger charge is 2.34. The molecule has 0 amide bonds. The average Bonchev–Trinajstić information content (AvgIpc) is 2.77. The van der Waals surface area contributed by atoms with E-state index in [0.29, 0.717) is 12.1 Å². The van der Waals surface area contributed by atoms with E-state index in [1.54, 1.807) is 6.08 Å². The van der Waals surface area contributed by atoms with Crippen LogP contribution in [0.5, 0.6) is 0 Å². The van der Waals surface area contributed by atoms with Gasteiger partial charge in [-0.25, -0.2) is 4.79 Å². The molecule has 1 aromatic rings. The summed E-state index contributed by atoms with van der Waals surface area (Å²) in [4.78, 5) is 11.8. The van der Waals surface area contributed by atoms with Crippen molar-refractivity contribution in [1.82, 2.24) is 5.32 Å². The van der Waals surface area contributed by atoms with E-state index >= 15 is 0 Å². The third kappa shape index (κ3) is 3.24. The first-order valence-corrected chi connectivity index (χ1v) is 6.99. The summed E-state index contributed by atoms with van der Waals surface area (Å²) in [7, 11) is 0. The van der Waals surface area contributed by atoms with E-state index in [1.807, 2.05) is 30.3 Å². The van der Waals surface area contributed by atoms with Crippen LogP contribution in [0, 0.1) is 0 Å². The van der Waals surface area contributed by atoms with Gasteiger partial charge in [-0.1, -0.05) is 30.3 Å². The topological polar surface area (TPSA) is 38.3 Å². The van der Waals surface area contributed by atoms with Crippen molar-refractivity contribution < 1.29 is 9.53 Å². The lowest BCUT2D eigenvalue weighted by Gasteiger charge is -2.28. The van der Waals surface area contributed by atoms with Crippen LogP contribution in [0.1, 0.15) is 31.2 Å². The molecular formula is C16H19NO2. The number of fused-ring (bicyclic) bond motifs is 2. The van der Waals surface area contributed by atoms with E-state index in [1.165, 1.54) is 18.9 Å². The molecule has 0 aliphatic carbocycles. The lowest BCUT2D eigenvalue weighted by atomic mass is 10.0. The van der Waals surface area contributed by atoms with Crippen LogP contribution in [-0.4, -0.2) is 24.2 Å². The first kappa shape index (κ1) is 12.4. The van der Waals surface area contributed by atoms with E-state index in [-0.39, 0.29) is 12.1 Å². The number of esters is 1. The second kappa shape index (κ2) is 5.57. The van der Waals surface area contributed by atoms with Crippen molar-refractivity contribution >= 4 is 12.0 Å². The highest BCUT2D eigenvalue weighted by molar-refractivity contribution is 5.87. The highest BCUT2D eigenvalue weighted by Crippen LogP contribution is 2.28. The Hall–Kier alpha value is -1.61. The van der Waals surface area contributed by atoms with Crippen LogP contribution in [0.15, 0.2) is 36.4 Å². The molecule has 1 N–H and O–H groups in total. The van der Waals surface area contributed by atoms with Crippen LogP contribution >= 0.6 is 0 Å². The minimum Gasteiger partial charge on any atom is -0.459 e. The summed E-state index contributed by atoms with van der Waals surface area (Å²) in [5.41, 5.74) is 1.02. The van der Waals surface area contributed by atoms with Crippen LogP contribution in [0.3, 0.4) is 0 Å². The summed E-state index contributed by atoms with van der Waals surface area (Å²) >= 11 is 0. The largest absolute Gasteiger partial charge is 0.459 e. The van der Waals surface area contributed by atoms with E-state index in [4.69, 9.17) is 4.74 Å². The quantitative estimate of drug-likeness (QED) is 0.668. The molecule has 3 nitrogen and oxygen atoms in total. The predicted molar refractivity (Wildman–Crippen MR) is 74.5 cm³/mol. The number of carbonyl (C=O) groups is 1. The summed E-state index contributed by atoms with van der Waals surface area (Å²) in [6, 6.07) is 10.9. The minimum atomic E-state index is -0.227. The van der Waals surface area contributed by atoms with Gasteiger partial charge >= 0.3 is 5.97 Å². The lowest BCUT2D eigenvalue weighted by Crippen LogP contribution is -2.41. The summed E-state index contributed by atoms with van der Waals surface area (Å²) in [5.74, 6) is -0.227. The molecule has 2 aliphatic rings. The molecule has 2 atom stereocenters. The molecule has 0 saturated carbocycles. The van der Waals surface area contributed by atoms with Gasteiger partial charge in [0, 0.05) is 18.2 Å². The Morgan fingerprint density at radius 3 is 2.53 bits per heavy atom. The number of carbonyl (C=O) groups excluding carboxylic acids is 1. The summed E-state index contributed by atoms with van der Waals surface area (Å²) in [6.45, 7) is 0. The molecule has 0 aromatic heterocycles. The Labute approximate surface area is 113 Å². The molecule has 3 heteroatoms. The number of hydrogen-bond acceptors (Lipinski definition) is 3. The van der Waals surface area contributed by atoms with Crippen LogP contribution in [0.2, 0.25) is 0 Å². The average molecular weight is 257 g/mol. The maximum atomic E-state index is 11.8. The summed E-state index contributed by atoms with van der Waals surface area (Å²) in [6.07, 6.45) is 7.78. The molecule has 0 radical (unpaired) electrons. The zero-order chi connectivity index (χ0) is 13.1. The zero-order valence-electron chi connectivity index (χ0n) is 10.9. The molecule has 1 aromatic carbocycles. The van der Waals surface area contributed by atoms with Gasteiger partial charge in [0.15, 0.2) is 0 Å². The predicted octanol–water partition coefficient (Wildman–Crippen LogP) is 2.53. The Morgan fingerprint density at radius 2 is 1.84 bits per heavy atom. The molecule has 2 unspecified atom stereocenters. The van der Waals surface area contributed by atoms with Crippen molar-refractivity contribution in [2.45, 2.75) is 43.9 Å². The Kier molecular flexibility index (Phi) is 3.65. The van der Waals surface area contributed by atoms with Crippen LogP contribution < -0.4 is 5.32 Å². The zero-order valence-corrected chi connectivity index (χ0v) is 10.9. The van der Waals surface area contributed by atoms with Gasteiger partial charge < -0.3 is 10.1 Å². The molecule has 100 valence electrons. The van der Waals surface area contributed by atoms with E-state index < -0.39 is 0 Å². The third-order valence-electron chi connectivity index (χ3n) is 3.92. The van der Waals surface area contributed by atoms with Gasteiger partial charge in [-0.05, 0) is 37.3 Å². The van der Waals surface area contributed by atoms with Crippen LogP contribution in [-0.2, 0) is 9.53 Å². The van der Waals surface area contributed by atoms with E-state index in [2.05, 4.69) is 5.32 Å². The number of benzene rings is 1.